The van der Waals surface area contributed by atoms with E-state index in [9.17, 15) is 4.79 Å². The van der Waals surface area contributed by atoms with Gasteiger partial charge in [-0.3, -0.25) is 4.79 Å². The minimum atomic E-state index is 0.00865. The highest BCUT2D eigenvalue weighted by molar-refractivity contribution is 6.09. The standard InChI is InChI=1S/C19H13N3O/c23-19(14-6-2-1-3-7-14)16-9-4-8-15(12-16)17-13-18-20-10-5-11-22(18)21-17/h1-13H. The second kappa shape index (κ2) is 5.50. The van der Waals surface area contributed by atoms with Gasteiger partial charge in [0.25, 0.3) is 0 Å². The molecule has 2 heterocycles. The number of nitrogens with zero attached hydrogens (tertiary/aromatic N) is 3. The molecule has 0 amide bonds. The Hall–Kier alpha value is -3.27. The van der Waals surface area contributed by atoms with Gasteiger partial charge in [0, 0.05) is 35.2 Å². The maximum absolute atomic E-state index is 12.6. The summed E-state index contributed by atoms with van der Waals surface area (Å²) in [4.78, 5) is 16.8. The summed E-state index contributed by atoms with van der Waals surface area (Å²) < 4.78 is 1.72. The van der Waals surface area contributed by atoms with Crippen molar-refractivity contribution in [3.05, 3.63) is 90.3 Å². The van der Waals surface area contributed by atoms with E-state index in [1.54, 1.807) is 10.7 Å². The third-order valence-corrected chi connectivity index (χ3v) is 3.69. The van der Waals surface area contributed by atoms with Crippen LogP contribution in [0, 0.1) is 0 Å². The Balaban J connectivity index is 1.75. The first kappa shape index (κ1) is 13.4. The first-order chi connectivity index (χ1) is 11.3. The molecule has 2 aromatic heterocycles. The average molecular weight is 299 g/mol. The Bertz CT molecular complexity index is 957. The molecule has 0 saturated carbocycles. The predicted octanol–water partition coefficient (Wildman–Crippen LogP) is 3.63. The number of carbonyl (C=O) groups is 1. The number of hydrogen-bond acceptors (Lipinski definition) is 3. The molecular weight excluding hydrogens is 286 g/mol. The lowest BCUT2D eigenvalue weighted by Crippen LogP contribution is -2.00. The number of benzene rings is 2. The van der Waals surface area contributed by atoms with Crippen LogP contribution < -0.4 is 0 Å². The molecule has 0 spiro atoms. The van der Waals surface area contributed by atoms with E-state index < -0.39 is 0 Å². The van der Waals surface area contributed by atoms with Gasteiger partial charge in [-0.15, -0.1) is 0 Å². The van der Waals surface area contributed by atoms with Crippen molar-refractivity contribution in [2.24, 2.45) is 0 Å². The molecule has 0 unspecified atom stereocenters. The summed E-state index contributed by atoms with van der Waals surface area (Å²) in [6.07, 6.45) is 3.58. The number of aromatic nitrogens is 3. The highest BCUT2D eigenvalue weighted by Crippen LogP contribution is 2.21. The molecule has 4 aromatic rings. The van der Waals surface area contributed by atoms with Crippen molar-refractivity contribution in [3.63, 3.8) is 0 Å². The molecule has 0 fully saturated rings. The first-order valence-corrected chi connectivity index (χ1v) is 7.32. The summed E-state index contributed by atoms with van der Waals surface area (Å²) in [5.74, 6) is 0.00865. The monoisotopic (exact) mass is 299 g/mol. The van der Waals surface area contributed by atoms with Crippen LogP contribution >= 0.6 is 0 Å². The van der Waals surface area contributed by atoms with E-state index in [1.165, 1.54) is 0 Å². The summed E-state index contributed by atoms with van der Waals surface area (Å²) in [6.45, 7) is 0. The molecule has 0 radical (unpaired) electrons. The van der Waals surface area contributed by atoms with Crippen LogP contribution in [0.3, 0.4) is 0 Å². The van der Waals surface area contributed by atoms with Gasteiger partial charge in [0.15, 0.2) is 11.4 Å². The summed E-state index contributed by atoms with van der Waals surface area (Å²) in [5.41, 5.74) is 3.81. The Morgan fingerprint density at radius 1 is 0.870 bits per heavy atom. The van der Waals surface area contributed by atoms with Gasteiger partial charge in [0.2, 0.25) is 0 Å². The second-order valence-corrected chi connectivity index (χ2v) is 5.23. The molecule has 0 aliphatic heterocycles. The van der Waals surface area contributed by atoms with Gasteiger partial charge in [0.05, 0.1) is 5.69 Å². The highest BCUT2D eigenvalue weighted by Gasteiger charge is 2.11. The number of fused-ring (bicyclic) bond motifs is 1. The Morgan fingerprint density at radius 3 is 2.52 bits per heavy atom. The van der Waals surface area contributed by atoms with E-state index in [1.807, 2.05) is 72.9 Å². The summed E-state index contributed by atoms with van der Waals surface area (Å²) in [6, 6.07) is 20.5. The van der Waals surface area contributed by atoms with Crippen LogP contribution in [0.2, 0.25) is 0 Å². The molecule has 0 atom stereocenters. The minimum absolute atomic E-state index is 0.00865. The van der Waals surface area contributed by atoms with Crippen molar-refractivity contribution in [2.45, 2.75) is 0 Å². The summed E-state index contributed by atoms with van der Waals surface area (Å²) >= 11 is 0. The minimum Gasteiger partial charge on any atom is -0.289 e. The Labute approximate surface area is 133 Å². The average Bonchev–Trinajstić information content (AvgIpc) is 3.06. The van der Waals surface area contributed by atoms with Crippen molar-refractivity contribution in [3.8, 4) is 11.3 Å². The van der Waals surface area contributed by atoms with Crippen LogP contribution in [0.25, 0.3) is 16.9 Å². The molecule has 23 heavy (non-hydrogen) atoms. The van der Waals surface area contributed by atoms with Crippen LogP contribution in [0.5, 0.6) is 0 Å². The second-order valence-electron chi connectivity index (χ2n) is 5.23. The smallest absolute Gasteiger partial charge is 0.193 e. The fourth-order valence-corrected chi connectivity index (χ4v) is 2.55. The van der Waals surface area contributed by atoms with Gasteiger partial charge in [-0.25, -0.2) is 9.50 Å². The normalized spacial score (nSPS) is 10.8. The number of ketones is 1. The van der Waals surface area contributed by atoms with E-state index >= 15 is 0 Å². The van der Waals surface area contributed by atoms with Gasteiger partial charge in [-0.05, 0) is 12.1 Å². The maximum Gasteiger partial charge on any atom is 0.193 e. The van der Waals surface area contributed by atoms with Crippen molar-refractivity contribution in [1.82, 2.24) is 14.6 Å². The van der Waals surface area contributed by atoms with Crippen molar-refractivity contribution in [2.75, 3.05) is 0 Å². The molecule has 110 valence electrons. The fourth-order valence-electron chi connectivity index (χ4n) is 2.55. The van der Waals surface area contributed by atoms with Crippen LogP contribution in [-0.2, 0) is 0 Å². The van der Waals surface area contributed by atoms with Crippen LogP contribution in [0.15, 0.2) is 79.1 Å². The molecular formula is C19H13N3O. The van der Waals surface area contributed by atoms with Gasteiger partial charge >= 0.3 is 0 Å². The van der Waals surface area contributed by atoms with E-state index in [-0.39, 0.29) is 5.78 Å². The lowest BCUT2D eigenvalue weighted by atomic mass is 10.0. The number of carbonyl (C=O) groups excluding carboxylic acids is 1. The predicted molar refractivity (Wildman–Crippen MR) is 88.3 cm³/mol. The lowest BCUT2D eigenvalue weighted by molar-refractivity contribution is 0.103. The van der Waals surface area contributed by atoms with Gasteiger partial charge in [-0.1, -0.05) is 48.5 Å². The van der Waals surface area contributed by atoms with Crippen LogP contribution in [0.4, 0.5) is 0 Å². The number of rotatable bonds is 3. The lowest BCUT2D eigenvalue weighted by Gasteiger charge is -2.03. The van der Waals surface area contributed by atoms with Crippen molar-refractivity contribution in [1.29, 1.82) is 0 Å². The van der Waals surface area contributed by atoms with Gasteiger partial charge in [0.1, 0.15) is 0 Å². The molecule has 4 heteroatoms. The molecule has 0 aliphatic rings. The van der Waals surface area contributed by atoms with E-state index in [0.29, 0.717) is 11.1 Å². The molecule has 2 aromatic carbocycles. The molecule has 0 N–H and O–H groups in total. The quantitative estimate of drug-likeness (QED) is 0.543. The molecule has 4 rings (SSSR count). The molecule has 0 bridgehead atoms. The van der Waals surface area contributed by atoms with Crippen molar-refractivity contribution < 1.29 is 4.79 Å². The van der Waals surface area contributed by atoms with Crippen LogP contribution in [0.1, 0.15) is 15.9 Å². The first-order valence-electron chi connectivity index (χ1n) is 7.32. The van der Waals surface area contributed by atoms with Gasteiger partial charge < -0.3 is 0 Å². The summed E-state index contributed by atoms with van der Waals surface area (Å²) in [5, 5.41) is 4.50. The topological polar surface area (TPSA) is 47.3 Å². The third kappa shape index (κ3) is 2.51. The molecule has 0 saturated heterocycles. The zero-order valence-electron chi connectivity index (χ0n) is 12.3. The maximum atomic E-state index is 12.6. The Kier molecular flexibility index (Phi) is 3.20. The zero-order valence-corrected chi connectivity index (χ0v) is 12.3. The fraction of sp³-hybridized carbons (Fsp3) is 0. The largest absolute Gasteiger partial charge is 0.289 e. The molecule has 0 aliphatic carbocycles. The van der Waals surface area contributed by atoms with Crippen molar-refractivity contribution >= 4 is 11.4 Å². The summed E-state index contributed by atoms with van der Waals surface area (Å²) in [7, 11) is 0. The number of hydrogen-bond donors (Lipinski definition) is 0. The van der Waals surface area contributed by atoms with E-state index in [2.05, 4.69) is 10.1 Å². The van der Waals surface area contributed by atoms with Gasteiger partial charge in [-0.2, -0.15) is 5.10 Å². The van der Waals surface area contributed by atoms with E-state index in [0.717, 1.165) is 16.9 Å². The Morgan fingerprint density at radius 2 is 1.70 bits per heavy atom. The highest BCUT2D eigenvalue weighted by atomic mass is 16.1. The third-order valence-electron chi connectivity index (χ3n) is 3.69. The van der Waals surface area contributed by atoms with Crippen LogP contribution in [-0.4, -0.2) is 20.4 Å². The van der Waals surface area contributed by atoms with E-state index in [4.69, 9.17) is 0 Å². The SMILES string of the molecule is O=C(c1ccccc1)c1cccc(-c2cc3ncccn3n2)c1. The zero-order chi connectivity index (χ0) is 15.6. The molecule has 4 nitrogen and oxygen atoms in total.